The molecule has 32 heavy (non-hydrogen) atoms. The fourth-order valence-electron chi connectivity index (χ4n) is 3.69. The Morgan fingerprint density at radius 2 is 2.22 bits per heavy atom. The number of aromatic amines is 2. The number of fused-ring (bicyclic) bond motifs is 2. The van der Waals surface area contributed by atoms with Crippen molar-refractivity contribution in [2.24, 2.45) is 4.99 Å². The fourth-order valence-corrected chi connectivity index (χ4v) is 3.69. The third-order valence-corrected chi connectivity index (χ3v) is 5.46. The van der Waals surface area contributed by atoms with Gasteiger partial charge in [-0.15, -0.1) is 0 Å². The number of imidazole rings is 1. The van der Waals surface area contributed by atoms with Crippen LogP contribution in [0.15, 0.2) is 34.2 Å². The van der Waals surface area contributed by atoms with Gasteiger partial charge in [-0.2, -0.15) is 19.6 Å². The molecule has 4 heterocycles. The molecule has 2 aliphatic rings. The Morgan fingerprint density at radius 3 is 3.03 bits per heavy atom. The average Bonchev–Trinajstić information content (AvgIpc) is 3.16. The lowest BCUT2D eigenvalue weighted by molar-refractivity contribution is 0.357. The van der Waals surface area contributed by atoms with Crippen LogP contribution in [0.3, 0.4) is 0 Å². The van der Waals surface area contributed by atoms with Gasteiger partial charge in [0.15, 0.2) is 5.65 Å². The molecule has 0 atom stereocenters. The van der Waals surface area contributed by atoms with Crippen LogP contribution in [0.4, 0.5) is 5.95 Å². The molecule has 4 aromatic rings. The van der Waals surface area contributed by atoms with Crippen LogP contribution in [-0.2, 0) is 13.0 Å². The summed E-state index contributed by atoms with van der Waals surface area (Å²) in [6.45, 7) is 1.27. The van der Waals surface area contributed by atoms with Crippen LogP contribution in [0, 0.1) is 0 Å². The van der Waals surface area contributed by atoms with Crippen LogP contribution in [0.2, 0.25) is 0 Å². The summed E-state index contributed by atoms with van der Waals surface area (Å²) in [6, 6.07) is 6.39. The number of anilines is 1. The molecule has 162 valence electrons. The van der Waals surface area contributed by atoms with Crippen LogP contribution in [0.1, 0.15) is 29.7 Å². The smallest absolute Gasteiger partial charge is 0.326 e. The third kappa shape index (κ3) is 3.47. The zero-order valence-corrected chi connectivity index (χ0v) is 17.0. The summed E-state index contributed by atoms with van der Waals surface area (Å²) in [7, 11) is 0. The predicted octanol–water partition coefficient (Wildman–Crippen LogP) is 0.00410. The number of nitrogens with one attached hydrogen (secondary N) is 3. The van der Waals surface area contributed by atoms with Gasteiger partial charge in [0, 0.05) is 18.2 Å². The molecular formula is C21H20N8O3. The van der Waals surface area contributed by atoms with E-state index >= 15 is 0 Å². The molecule has 6 rings (SSSR count). The van der Waals surface area contributed by atoms with Gasteiger partial charge in [0.05, 0.1) is 18.8 Å². The summed E-state index contributed by atoms with van der Waals surface area (Å²) >= 11 is 0. The molecule has 1 aliphatic carbocycles. The fraction of sp³-hybridized carbons (Fsp3) is 0.286. The number of hydrogen-bond acceptors (Lipinski definition) is 8. The minimum Gasteiger partial charge on any atom is -0.493 e. The summed E-state index contributed by atoms with van der Waals surface area (Å²) in [5.41, 5.74) is 3.05. The second-order valence-electron chi connectivity index (χ2n) is 7.92. The van der Waals surface area contributed by atoms with Gasteiger partial charge < -0.3 is 20.1 Å². The highest BCUT2D eigenvalue weighted by atomic mass is 16.5. The normalized spacial score (nSPS) is 16.5. The van der Waals surface area contributed by atoms with Crippen LogP contribution >= 0.6 is 0 Å². The zero-order valence-electron chi connectivity index (χ0n) is 17.0. The summed E-state index contributed by atoms with van der Waals surface area (Å²) in [6.07, 6.45) is 6.19. The molecule has 11 heteroatoms. The van der Waals surface area contributed by atoms with Crippen molar-refractivity contribution in [3.8, 4) is 11.6 Å². The molecular weight excluding hydrogens is 412 g/mol. The largest absolute Gasteiger partial charge is 0.493 e. The molecule has 0 unspecified atom stereocenters. The van der Waals surface area contributed by atoms with E-state index in [4.69, 9.17) is 4.74 Å². The maximum atomic E-state index is 11.5. The molecule has 0 saturated heterocycles. The lowest BCUT2D eigenvalue weighted by Crippen LogP contribution is -2.24. The summed E-state index contributed by atoms with van der Waals surface area (Å²) in [5.74, 6) is 1.13. The first-order chi connectivity index (χ1) is 15.6. The Balaban J connectivity index is 1.40. The molecule has 1 aromatic carbocycles. The Labute approximate surface area is 180 Å². The minimum atomic E-state index is -0.494. The van der Waals surface area contributed by atoms with Crippen molar-refractivity contribution in [3.63, 3.8) is 0 Å². The van der Waals surface area contributed by atoms with E-state index in [9.17, 15) is 9.90 Å². The van der Waals surface area contributed by atoms with Crippen LogP contribution in [0.25, 0.3) is 11.7 Å². The first kappa shape index (κ1) is 18.6. The van der Waals surface area contributed by atoms with E-state index in [1.54, 1.807) is 16.8 Å². The molecule has 0 radical (unpaired) electrons. The lowest BCUT2D eigenvalue weighted by Gasteiger charge is -2.07. The zero-order chi connectivity index (χ0) is 21.7. The van der Waals surface area contributed by atoms with E-state index in [1.165, 1.54) is 5.56 Å². The number of aromatic hydroxyl groups is 1. The third-order valence-electron chi connectivity index (χ3n) is 5.46. The molecule has 11 nitrogen and oxygen atoms in total. The van der Waals surface area contributed by atoms with Crippen molar-refractivity contribution in [1.82, 2.24) is 29.5 Å². The van der Waals surface area contributed by atoms with Gasteiger partial charge in [-0.25, -0.2) is 9.79 Å². The van der Waals surface area contributed by atoms with Gasteiger partial charge in [0.2, 0.25) is 11.8 Å². The van der Waals surface area contributed by atoms with E-state index in [2.05, 4.69) is 41.4 Å². The van der Waals surface area contributed by atoms with Gasteiger partial charge in [-0.3, -0.25) is 4.98 Å². The lowest BCUT2D eigenvalue weighted by atomic mass is 10.1. The number of hydrogen-bond donors (Lipinski definition) is 4. The standard InChI is InChI=1S/C21H20N8O3/c30-18-15(25-21(31)27-18)8-13-10-23-29-17(13)26-19(28-20(29)24-14-2-3-14)22-9-11-1-4-16-12(7-11)5-6-32-16/h1,4,7-8,10,14,30H,2-3,5-6,9H2,(H,22,24,28)(H2,25,27,31)/b13-8+. The quantitative estimate of drug-likeness (QED) is 0.347. The molecule has 3 aromatic heterocycles. The van der Waals surface area contributed by atoms with E-state index in [0.29, 0.717) is 29.0 Å². The van der Waals surface area contributed by atoms with E-state index in [-0.39, 0.29) is 17.6 Å². The molecule has 4 N–H and O–H groups in total. The van der Waals surface area contributed by atoms with E-state index in [1.807, 2.05) is 12.1 Å². The number of ether oxygens (including phenoxy) is 1. The Kier molecular flexibility index (Phi) is 4.20. The number of H-pyrrole nitrogens is 2. The van der Waals surface area contributed by atoms with Gasteiger partial charge >= 0.3 is 5.69 Å². The summed E-state index contributed by atoms with van der Waals surface area (Å²) < 4.78 is 7.15. The van der Waals surface area contributed by atoms with Crippen molar-refractivity contribution < 1.29 is 9.84 Å². The molecule has 1 saturated carbocycles. The number of benzene rings is 1. The highest BCUT2D eigenvalue weighted by Crippen LogP contribution is 2.26. The van der Waals surface area contributed by atoms with Crippen molar-refractivity contribution in [3.05, 3.63) is 62.5 Å². The maximum absolute atomic E-state index is 11.5. The average molecular weight is 432 g/mol. The second kappa shape index (κ2) is 7.22. The topological polar surface area (TPSA) is 146 Å². The molecule has 1 fully saturated rings. The van der Waals surface area contributed by atoms with Crippen LogP contribution < -0.4 is 26.6 Å². The Morgan fingerprint density at radius 1 is 1.31 bits per heavy atom. The monoisotopic (exact) mass is 432 g/mol. The Hall–Kier alpha value is -4.15. The van der Waals surface area contributed by atoms with E-state index < -0.39 is 5.69 Å². The number of aromatic nitrogens is 6. The van der Waals surface area contributed by atoms with Gasteiger partial charge in [-0.05, 0) is 36.1 Å². The molecule has 1 aliphatic heterocycles. The van der Waals surface area contributed by atoms with Crippen molar-refractivity contribution in [2.45, 2.75) is 31.8 Å². The van der Waals surface area contributed by atoms with Gasteiger partial charge in [-0.1, -0.05) is 12.1 Å². The van der Waals surface area contributed by atoms with Crippen molar-refractivity contribution >= 4 is 17.7 Å². The summed E-state index contributed by atoms with van der Waals surface area (Å²) in [5, 5.41) is 18.2. The van der Waals surface area contributed by atoms with Crippen LogP contribution in [0.5, 0.6) is 11.6 Å². The van der Waals surface area contributed by atoms with Gasteiger partial charge in [0.1, 0.15) is 11.4 Å². The Bertz CT molecular complexity index is 1510. The number of rotatable bonds is 5. The van der Waals surface area contributed by atoms with E-state index in [0.717, 1.165) is 37.2 Å². The minimum absolute atomic E-state index is 0.245. The molecule has 0 bridgehead atoms. The van der Waals surface area contributed by atoms with Crippen LogP contribution in [-0.4, -0.2) is 47.3 Å². The van der Waals surface area contributed by atoms with Crippen molar-refractivity contribution in [1.29, 1.82) is 0 Å². The second-order valence-corrected chi connectivity index (χ2v) is 7.92. The molecule has 0 spiro atoms. The SMILES string of the molecule is O=c1[nH]c(O)c(/C=c2\cnn3c(=NC4CC4)nc(NCc4ccc5c(c4)CCO5)nc23)[nH]1. The first-order valence-electron chi connectivity index (χ1n) is 10.4. The highest BCUT2D eigenvalue weighted by Gasteiger charge is 2.21. The molecule has 0 amide bonds. The van der Waals surface area contributed by atoms with Gasteiger partial charge in [0.25, 0.3) is 5.62 Å². The predicted molar refractivity (Wildman–Crippen MR) is 114 cm³/mol. The number of nitrogens with zero attached hydrogens (tertiary/aromatic N) is 5. The summed E-state index contributed by atoms with van der Waals surface area (Å²) in [4.78, 5) is 30.2. The highest BCUT2D eigenvalue weighted by molar-refractivity contribution is 5.57. The first-order valence-corrected chi connectivity index (χ1v) is 10.4. The maximum Gasteiger partial charge on any atom is 0.326 e. The van der Waals surface area contributed by atoms with Crippen molar-refractivity contribution in [2.75, 3.05) is 11.9 Å².